The molecule has 0 bridgehead atoms. The van der Waals surface area contributed by atoms with Crippen molar-refractivity contribution in [2.75, 3.05) is 6.54 Å². The Morgan fingerprint density at radius 3 is 2.91 bits per heavy atom. The Morgan fingerprint density at radius 1 is 1.73 bits per heavy atom. The molecule has 0 saturated heterocycles. The van der Waals surface area contributed by atoms with Crippen LogP contribution in [0.3, 0.4) is 0 Å². The fourth-order valence-corrected chi connectivity index (χ4v) is 0.636. The number of hydrogen-bond donors (Lipinski definition) is 1. The maximum atomic E-state index is 5.38. The lowest BCUT2D eigenvalue weighted by atomic mass is 10.3. The molecular formula is C6H11N5. The van der Waals surface area contributed by atoms with Crippen molar-refractivity contribution in [1.82, 2.24) is 20.2 Å². The summed E-state index contributed by atoms with van der Waals surface area (Å²) in [7, 11) is 1.72. The number of hydrogen-bond acceptors (Lipinski definition) is 4. The molecule has 0 atom stereocenters. The van der Waals surface area contributed by atoms with Gasteiger partial charge >= 0.3 is 0 Å². The van der Waals surface area contributed by atoms with Gasteiger partial charge in [0.15, 0.2) is 5.82 Å². The summed E-state index contributed by atoms with van der Waals surface area (Å²) >= 11 is 0. The molecule has 5 nitrogen and oxygen atoms in total. The quantitative estimate of drug-likeness (QED) is 0.626. The number of tetrazole rings is 1. The van der Waals surface area contributed by atoms with E-state index >= 15 is 0 Å². The Balaban J connectivity index is 2.78. The molecule has 0 radical (unpaired) electrons. The van der Waals surface area contributed by atoms with Crippen molar-refractivity contribution < 1.29 is 0 Å². The van der Waals surface area contributed by atoms with Crippen LogP contribution in [0.1, 0.15) is 12.7 Å². The van der Waals surface area contributed by atoms with Gasteiger partial charge in [-0.1, -0.05) is 5.57 Å². The molecule has 2 N–H and O–H groups in total. The summed E-state index contributed by atoms with van der Waals surface area (Å²) in [6.07, 6.45) is 1.81. The molecule has 60 valence electrons. The molecule has 5 heteroatoms. The molecular weight excluding hydrogens is 142 g/mol. The lowest BCUT2D eigenvalue weighted by Crippen LogP contribution is -1.99. The molecule has 0 spiro atoms. The highest BCUT2D eigenvalue weighted by Crippen LogP contribution is 1.96. The van der Waals surface area contributed by atoms with Gasteiger partial charge in [-0.25, -0.2) is 0 Å². The van der Waals surface area contributed by atoms with Gasteiger partial charge in [-0.05, 0) is 18.2 Å². The van der Waals surface area contributed by atoms with Crippen molar-refractivity contribution in [3.63, 3.8) is 0 Å². The third-order valence-electron chi connectivity index (χ3n) is 1.22. The molecule has 1 aromatic heterocycles. The van der Waals surface area contributed by atoms with Gasteiger partial charge in [-0.15, -0.1) is 10.2 Å². The average Bonchev–Trinajstić information content (AvgIpc) is 2.35. The van der Waals surface area contributed by atoms with Crippen LogP contribution in [0.15, 0.2) is 5.57 Å². The highest BCUT2D eigenvalue weighted by atomic mass is 15.6. The minimum absolute atomic E-state index is 0.526. The molecule has 0 unspecified atom stereocenters. The molecule has 11 heavy (non-hydrogen) atoms. The monoisotopic (exact) mass is 153 g/mol. The van der Waals surface area contributed by atoms with E-state index in [0.29, 0.717) is 12.4 Å². The summed E-state index contributed by atoms with van der Waals surface area (Å²) in [6, 6.07) is 0. The number of aryl methyl sites for hydroxylation is 1. The molecule has 0 aliphatic heterocycles. The van der Waals surface area contributed by atoms with E-state index in [2.05, 4.69) is 15.4 Å². The first kappa shape index (κ1) is 7.87. The standard InChI is InChI=1S/C6H11N5/c1-5(4-7)3-6-8-10-11(2)9-6/h3H,4,7H2,1-2H3/b5-3+. The van der Waals surface area contributed by atoms with Crippen molar-refractivity contribution in [2.45, 2.75) is 6.92 Å². The maximum absolute atomic E-state index is 5.38. The van der Waals surface area contributed by atoms with E-state index < -0.39 is 0 Å². The normalized spacial score (nSPS) is 12.1. The number of nitrogens with two attached hydrogens (primary N) is 1. The topological polar surface area (TPSA) is 69.6 Å². The smallest absolute Gasteiger partial charge is 0.197 e. The molecule has 0 amide bonds. The SMILES string of the molecule is C/C(=C\c1nnn(C)n1)CN. The van der Waals surface area contributed by atoms with Crippen molar-refractivity contribution in [3.05, 3.63) is 11.4 Å². The van der Waals surface area contributed by atoms with Gasteiger partial charge < -0.3 is 5.73 Å². The van der Waals surface area contributed by atoms with Crippen LogP contribution < -0.4 is 5.73 Å². The van der Waals surface area contributed by atoms with Crippen LogP contribution in [0.4, 0.5) is 0 Å². The van der Waals surface area contributed by atoms with Gasteiger partial charge in [0.05, 0.1) is 7.05 Å². The van der Waals surface area contributed by atoms with Crippen LogP contribution in [-0.2, 0) is 7.05 Å². The largest absolute Gasteiger partial charge is 0.327 e. The van der Waals surface area contributed by atoms with Crippen LogP contribution >= 0.6 is 0 Å². The second kappa shape index (κ2) is 3.25. The van der Waals surface area contributed by atoms with Crippen LogP contribution in [0.2, 0.25) is 0 Å². The van der Waals surface area contributed by atoms with E-state index in [-0.39, 0.29) is 0 Å². The lowest BCUT2D eigenvalue weighted by Gasteiger charge is -1.89. The molecule has 1 aromatic rings. The highest BCUT2D eigenvalue weighted by Gasteiger charge is 1.94. The van der Waals surface area contributed by atoms with Gasteiger partial charge in [0.1, 0.15) is 0 Å². The number of rotatable bonds is 2. The first-order chi connectivity index (χ1) is 5.22. The van der Waals surface area contributed by atoms with Gasteiger partial charge in [0.25, 0.3) is 0 Å². The summed E-state index contributed by atoms with van der Waals surface area (Å²) in [5.41, 5.74) is 6.42. The predicted octanol–water partition coefficient (Wildman–Crippen LogP) is -0.428. The Morgan fingerprint density at radius 2 is 2.45 bits per heavy atom. The Labute approximate surface area is 64.9 Å². The summed E-state index contributed by atoms with van der Waals surface area (Å²) in [6.45, 7) is 2.45. The van der Waals surface area contributed by atoms with Crippen LogP contribution in [-0.4, -0.2) is 26.8 Å². The molecule has 0 fully saturated rings. The fraction of sp³-hybridized carbons (Fsp3) is 0.500. The third-order valence-corrected chi connectivity index (χ3v) is 1.22. The zero-order valence-electron chi connectivity index (χ0n) is 6.65. The molecule has 0 aliphatic carbocycles. The number of nitrogens with zero attached hydrogens (tertiary/aromatic N) is 4. The van der Waals surface area contributed by atoms with Gasteiger partial charge in [0, 0.05) is 6.54 Å². The molecule has 1 rings (SSSR count). The minimum Gasteiger partial charge on any atom is -0.327 e. The van der Waals surface area contributed by atoms with E-state index in [1.807, 2.05) is 13.0 Å². The van der Waals surface area contributed by atoms with Crippen molar-refractivity contribution in [3.8, 4) is 0 Å². The summed E-state index contributed by atoms with van der Waals surface area (Å²) in [4.78, 5) is 1.41. The van der Waals surface area contributed by atoms with E-state index in [1.165, 1.54) is 4.80 Å². The predicted molar refractivity (Wildman–Crippen MR) is 41.5 cm³/mol. The zero-order valence-corrected chi connectivity index (χ0v) is 6.65. The fourth-order valence-electron chi connectivity index (χ4n) is 0.636. The first-order valence-corrected chi connectivity index (χ1v) is 3.33. The summed E-state index contributed by atoms with van der Waals surface area (Å²) in [5, 5.41) is 11.4. The Bertz CT molecular complexity index is 262. The second-order valence-corrected chi connectivity index (χ2v) is 2.33. The van der Waals surface area contributed by atoms with Crippen molar-refractivity contribution >= 4 is 6.08 Å². The van der Waals surface area contributed by atoms with Crippen LogP contribution in [0, 0.1) is 0 Å². The Hall–Kier alpha value is -1.23. The van der Waals surface area contributed by atoms with Gasteiger partial charge in [-0.2, -0.15) is 4.80 Å². The van der Waals surface area contributed by atoms with E-state index in [0.717, 1.165) is 5.57 Å². The Kier molecular flexibility index (Phi) is 2.32. The van der Waals surface area contributed by atoms with Crippen LogP contribution in [0.25, 0.3) is 6.08 Å². The van der Waals surface area contributed by atoms with Crippen molar-refractivity contribution in [2.24, 2.45) is 12.8 Å². The highest BCUT2D eigenvalue weighted by molar-refractivity contribution is 5.43. The van der Waals surface area contributed by atoms with E-state index in [4.69, 9.17) is 5.73 Å². The summed E-state index contributed by atoms with van der Waals surface area (Å²) in [5.74, 6) is 0.607. The van der Waals surface area contributed by atoms with Gasteiger partial charge in [0.2, 0.25) is 0 Å². The average molecular weight is 153 g/mol. The van der Waals surface area contributed by atoms with Crippen LogP contribution in [0.5, 0.6) is 0 Å². The van der Waals surface area contributed by atoms with E-state index in [9.17, 15) is 0 Å². The van der Waals surface area contributed by atoms with E-state index in [1.54, 1.807) is 7.05 Å². The molecule has 0 aliphatic rings. The maximum Gasteiger partial charge on any atom is 0.197 e. The molecule has 0 aromatic carbocycles. The minimum atomic E-state index is 0.526. The third kappa shape index (κ3) is 2.12. The lowest BCUT2D eigenvalue weighted by molar-refractivity contribution is 0.629. The van der Waals surface area contributed by atoms with Gasteiger partial charge in [-0.3, -0.25) is 0 Å². The molecule has 1 heterocycles. The summed E-state index contributed by atoms with van der Waals surface area (Å²) < 4.78 is 0. The number of aromatic nitrogens is 4. The van der Waals surface area contributed by atoms with Crippen molar-refractivity contribution in [1.29, 1.82) is 0 Å². The molecule has 0 saturated carbocycles. The second-order valence-electron chi connectivity index (χ2n) is 2.33. The zero-order chi connectivity index (χ0) is 8.27. The first-order valence-electron chi connectivity index (χ1n) is 3.33.